The summed E-state index contributed by atoms with van der Waals surface area (Å²) < 4.78 is 23.7. The topological polar surface area (TPSA) is 314 Å². The predicted octanol–water partition coefficient (Wildman–Crippen LogP) is -0.378. The molecule has 4 heterocycles. The molecule has 3 aromatic heterocycles. The number of aliphatic hydroxyl groups is 4. The molecule has 1 saturated heterocycles. The summed E-state index contributed by atoms with van der Waals surface area (Å²) >= 11 is 0. The Balaban J connectivity index is 0.000000227. The second-order valence-corrected chi connectivity index (χ2v) is 16.8. The number of ether oxygens (including phenoxy) is 1. The van der Waals surface area contributed by atoms with E-state index < -0.39 is 51.2 Å². The van der Waals surface area contributed by atoms with E-state index in [4.69, 9.17) is 15.0 Å². The number of anilines is 1. The number of aromatic hydroxyl groups is 2. The lowest BCUT2D eigenvalue weighted by Gasteiger charge is -2.24. The zero-order valence-corrected chi connectivity index (χ0v) is 34.4. The Hall–Kier alpha value is -4.24. The van der Waals surface area contributed by atoms with Crippen molar-refractivity contribution in [2.75, 3.05) is 12.3 Å². The maximum atomic E-state index is 12.4. The molecule has 5 unspecified atom stereocenters. The third-order valence-electron chi connectivity index (χ3n) is 10.9. The van der Waals surface area contributed by atoms with E-state index in [0.717, 1.165) is 16.1 Å². The van der Waals surface area contributed by atoms with Gasteiger partial charge in [0.2, 0.25) is 0 Å². The van der Waals surface area contributed by atoms with Crippen molar-refractivity contribution in [3.05, 3.63) is 68.8 Å². The summed E-state index contributed by atoms with van der Waals surface area (Å²) in [5, 5.41) is 69.5. The van der Waals surface area contributed by atoms with Crippen molar-refractivity contribution in [2.45, 2.75) is 141 Å². The van der Waals surface area contributed by atoms with E-state index in [0.29, 0.717) is 29.9 Å². The van der Waals surface area contributed by atoms with Gasteiger partial charge < -0.3 is 46.0 Å². The third-order valence-corrected chi connectivity index (χ3v) is 11.9. The summed E-state index contributed by atoms with van der Waals surface area (Å²) in [6.45, 7) is 2.25. The highest BCUT2D eigenvalue weighted by Gasteiger charge is 2.45. The quantitative estimate of drug-likeness (QED) is 0.0593. The van der Waals surface area contributed by atoms with Crippen LogP contribution < -0.4 is 32.1 Å². The number of aliphatic hydroxyl groups excluding tert-OH is 4. The Morgan fingerprint density at radius 1 is 0.915 bits per heavy atom. The molecule has 0 radical (unpaired) electrons. The average molecular weight is 849 g/mol. The maximum Gasteiger partial charge on any atom is 0.403 e. The second-order valence-electron chi connectivity index (χ2n) is 15.1. The fourth-order valence-electron chi connectivity index (χ4n) is 7.37. The van der Waals surface area contributed by atoms with Crippen LogP contribution in [0.2, 0.25) is 0 Å². The van der Waals surface area contributed by atoms with Gasteiger partial charge in [0, 0.05) is 47.4 Å². The summed E-state index contributed by atoms with van der Waals surface area (Å²) in [6.07, 6.45) is 11.2. The molecule has 1 aliphatic heterocycles. The van der Waals surface area contributed by atoms with Gasteiger partial charge in [-0.1, -0.05) is 38.5 Å². The number of aromatic nitrogens is 4. The van der Waals surface area contributed by atoms with Crippen LogP contribution >= 0.6 is 7.75 Å². The molecule has 6 rings (SSSR count). The van der Waals surface area contributed by atoms with E-state index >= 15 is 0 Å². The fraction of sp³-hybridized carbons (Fsp3) is 0.605. The Bertz CT molecular complexity index is 1970. The van der Waals surface area contributed by atoms with Crippen LogP contribution in [-0.2, 0) is 40.1 Å². The van der Waals surface area contributed by atoms with Crippen LogP contribution in [0, 0.1) is 13.8 Å². The second kappa shape index (κ2) is 21.3. The van der Waals surface area contributed by atoms with Crippen LogP contribution in [0.5, 0.6) is 11.5 Å². The molecule has 0 amide bonds. The standard InChI is InChI=1S/C21H34N4O2.C17H24N5O9P/c1-15-20(27)19(16(14-26)12-22-15)13-23-21(24-17-8-4-2-5-9-17)25-18-10-6-3-7-11-18;1-8-13(24)10(9(6-23)4-19-8)5-20-32(28,29)30-7-11-14(25)15(26)16(31-11)22-3-2-12(18)21-17(22)27/h12,17-18,26-27H,2-11,13-14H2,1H3,(H2,23,24,25);2-4,11,14-16,23-26H,5-7H2,1H3,(H2,18,21,27)(H2,20,28,29)/p+1. The van der Waals surface area contributed by atoms with E-state index in [9.17, 15) is 44.9 Å². The maximum absolute atomic E-state index is 12.4. The van der Waals surface area contributed by atoms with Crippen LogP contribution in [0.1, 0.15) is 104 Å². The molecule has 0 aromatic carbocycles. The third kappa shape index (κ3) is 12.4. The number of nitrogens with zero attached hydrogens (tertiary/aromatic N) is 4. The largest absolute Gasteiger partial charge is 0.506 e. The highest BCUT2D eigenvalue weighted by atomic mass is 31.2. The number of nitrogen functional groups attached to an aromatic ring is 1. The zero-order valence-electron chi connectivity index (χ0n) is 33.5. The van der Waals surface area contributed by atoms with Crippen molar-refractivity contribution in [3.8, 4) is 11.5 Å². The lowest BCUT2D eigenvalue weighted by molar-refractivity contribution is -0.480. The fourth-order valence-corrected chi connectivity index (χ4v) is 8.17. The minimum Gasteiger partial charge on any atom is -0.506 e. The van der Waals surface area contributed by atoms with E-state index in [2.05, 4.69) is 35.7 Å². The molecule has 3 fully saturated rings. The number of hydrogen-bond acceptors (Lipinski definition) is 14. The number of nitrogens with two attached hydrogens (primary N) is 1. The summed E-state index contributed by atoms with van der Waals surface area (Å²) in [5.41, 5.74) is 7.27. The van der Waals surface area contributed by atoms with Crippen molar-refractivity contribution in [1.82, 2.24) is 35.2 Å². The van der Waals surface area contributed by atoms with Crippen LogP contribution in [0.25, 0.3) is 0 Å². The first-order valence-corrected chi connectivity index (χ1v) is 21.6. The van der Waals surface area contributed by atoms with Crippen molar-refractivity contribution >= 4 is 19.5 Å². The molecule has 3 aliphatic rings. The van der Waals surface area contributed by atoms with Gasteiger partial charge in [-0.15, -0.1) is 0 Å². The molecule has 20 nitrogen and oxygen atoms in total. The summed E-state index contributed by atoms with van der Waals surface area (Å²) in [4.78, 5) is 37.0. The zero-order chi connectivity index (χ0) is 42.7. The van der Waals surface area contributed by atoms with E-state index in [1.165, 1.54) is 89.6 Å². The molecular weight excluding hydrogens is 789 g/mol. The van der Waals surface area contributed by atoms with Gasteiger partial charge in [-0.05, 0) is 45.6 Å². The SMILES string of the molecule is Cc1ncc(CO)c(CNP(=O)(O)OCC2OC(n3ccc(N)nc3=O)C(O)C2O)c1O.Cc1ncc(CO)c(C[NH+]=C(NC2CCCCC2)NC2CCCCC2)c1O. The van der Waals surface area contributed by atoms with Crippen molar-refractivity contribution < 1.29 is 54.4 Å². The first kappa shape index (κ1) is 45.8. The Kier molecular flexibility index (Phi) is 16.6. The number of aryl methyl sites for hydroxylation is 2. The first-order chi connectivity index (χ1) is 28.2. The molecule has 13 N–H and O–H groups in total. The minimum atomic E-state index is -4.46. The van der Waals surface area contributed by atoms with Crippen LogP contribution in [0.3, 0.4) is 0 Å². The number of rotatable bonds is 13. The number of guanidine groups is 1. The van der Waals surface area contributed by atoms with E-state index in [1.807, 2.05) is 0 Å². The lowest BCUT2D eigenvalue weighted by Crippen LogP contribution is -2.79. The number of hydrogen-bond donors (Lipinski definition) is 12. The molecule has 0 bridgehead atoms. The average Bonchev–Trinajstić information content (AvgIpc) is 3.50. The number of nitrogens with one attached hydrogen (secondary N) is 4. The van der Waals surface area contributed by atoms with E-state index in [1.54, 1.807) is 13.1 Å². The minimum absolute atomic E-state index is 0.0359. The van der Waals surface area contributed by atoms with Gasteiger partial charge in [-0.25, -0.2) is 14.4 Å². The first-order valence-electron chi connectivity index (χ1n) is 20.0. The monoisotopic (exact) mass is 848 g/mol. The Morgan fingerprint density at radius 3 is 2.00 bits per heavy atom. The van der Waals surface area contributed by atoms with Crippen molar-refractivity contribution in [2.24, 2.45) is 0 Å². The lowest BCUT2D eigenvalue weighted by atomic mass is 9.95. The van der Waals surface area contributed by atoms with Gasteiger partial charge in [0.15, 0.2) is 6.23 Å². The predicted molar refractivity (Wildman–Crippen MR) is 214 cm³/mol. The summed E-state index contributed by atoms with van der Waals surface area (Å²) in [5.74, 6) is 0.855. The van der Waals surface area contributed by atoms with Gasteiger partial charge in [0.25, 0.3) is 0 Å². The van der Waals surface area contributed by atoms with Crippen LogP contribution in [0.4, 0.5) is 5.82 Å². The number of pyridine rings is 2. The smallest absolute Gasteiger partial charge is 0.403 e. The van der Waals surface area contributed by atoms with Crippen LogP contribution in [-0.4, -0.2) is 98.0 Å². The molecule has 2 saturated carbocycles. The molecular formula is C38H59N9O11P+. The molecule has 0 spiro atoms. The Morgan fingerprint density at radius 2 is 1.46 bits per heavy atom. The van der Waals surface area contributed by atoms with Gasteiger partial charge >= 0.3 is 19.4 Å². The van der Waals surface area contributed by atoms with Crippen molar-refractivity contribution in [3.63, 3.8) is 0 Å². The summed E-state index contributed by atoms with van der Waals surface area (Å²) in [6, 6.07) is 2.31. The molecule has 326 valence electrons. The van der Waals surface area contributed by atoms with E-state index in [-0.39, 0.29) is 47.3 Å². The summed E-state index contributed by atoms with van der Waals surface area (Å²) in [7, 11) is -4.46. The van der Waals surface area contributed by atoms with Gasteiger partial charge in [0.05, 0.1) is 49.8 Å². The normalized spacial score (nSPS) is 22.2. The molecule has 5 atom stereocenters. The Labute approximate surface area is 342 Å². The van der Waals surface area contributed by atoms with Gasteiger partial charge in [0.1, 0.15) is 35.6 Å². The molecule has 59 heavy (non-hydrogen) atoms. The molecule has 2 aliphatic carbocycles. The highest BCUT2D eigenvalue weighted by Crippen LogP contribution is 2.40. The molecule has 21 heteroatoms. The highest BCUT2D eigenvalue weighted by molar-refractivity contribution is 7.50. The van der Waals surface area contributed by atoms with Gasteiger partial charge in [-0.2, -0.15) is 4.98 Å². The van der Waals surface area contributed by atoms with Crippen LogP contribution in [0.15, 0.2) is 29.5 Å². The van der Waals surface area contributed by atoms with Crippen molar-refractivity contribution in [1.29, 1.82) is 0 Å². The molecule has 3 aromatic rings. The van der Waals surface area contributed by atoms with Gasteiger partial charge in [-0.3, -0.25) is 34.7 Å².